The standard InChI is InChI=1S/C25H28O4/c1-18(26)29-21(13-12-19-8-4-2-5-9-19)14-15-22-23(25(28)17-24(22)27)16-20-10-6-3-7-11-20/h2-11,14-15,21-24,27H,12-13,16-17H2,1H3/b15-14+/t21-,22+,23+,24+/m0/s1. The molecule has 0 heterocycles. The number of aliphatic hydroxyl groups excluding tert-OH is 1. The summed E-state index contributed by atoms with van der Waals surface area (Å²) in [7, 11) is 0. The Balaban J connectivity index is 1.69. The van der Waals surface area contributed by atoms with Crippen molar-refractivity contribution in [2.24, 2.45) is 11.8 Å². The summed E-state index contributed by atoms with van der Waals surface area (Å²) in [6, 6.07) is 19.9. The van der Waals surface area contributed by atoms with Crippen molar-refractivity contribution in [3.05, 3.63) is 83.9 Å². The Bertz CT molecular complexity index is 828. The van der Waals surface area contributed by atoms with Gasteiger partial charge < -0.3 is 9.84 Å². The summed E-state index contributed by atoms with van der Waals surface area (Å²) in [5, 5.41) is 10.4. The van der Waals surface area contributed by atoms with Crippen LogP contribution in [0.4, 0.5) is 0 Å². The van der Waals surface area contributed by atoms with Gasteiger partial charge in [0.25, 0.3) is 0 Å². The molecular formula is C25H28O4. The molecule has 0 aliphatic heterocycles. The Morgan fingerprint density at radius 2 is 1.72 bits per heavy atom. The maximum absolute atomic E-state index is 12.5. The molecule has 0 unspecified atom stereocenters. The van der Waals surface area contributed by atoms with Gasteiger partial charge in [-0.05, 0) is 36.5 Å². The molecule has 1 saturated carbocycles. The van der Waals surface area contributed by atoms with Crippen LogP contribution in [0.2, 0.25) is 0 Å². The molecule has 0 radical (unpaired) electrons. The lowest BCUT2D eigenvalue weighted by Crippen LogP contribution is -2.22. The second-order valence-corrected chi connectivity index (χ2v) is 7.67. The van der Waals surface area contributed by atoms with Crippen molar-refractivity contribution >= 4 is 11.8 Å². The summed E-state index contributed by atoms with van der Waals surface area (Å²) >= 11 is 0. The summed E-state index contributed by atoms with van der Waals surface area (Å²) in [4.78, 5) is 24.0. The molecule has 0 spiro atoms. The van der Waals surface area contributed by atoms with E-state index in [2.05, 4.69) is 0 Å². The molecule has 3 rings (SSSR count). The highest BCUT2D eigenvalue weighted by Gasteiger charge is 2.39. The van der Waals surface area contributed by atoms with Gasteiger partial charge in [-0.25, -0.2) is 0 Å². The van der Waals surface area contributed by atoms with Crippen LogP contribution in [0.1, 0.15) is 30.9 Å². The fourth-order valence-electron chi connectivity index (χ4n) is 3.97. The molecule has 0 bridgehead atoms. The van der Waals surface area contributed by atoms with Crippen molar-refractivity contribution in [3.8, 4) is 0 Å². The van der Waals surface area contributed by atoms with Crippen LogP contribution >= 0.6 is 0 Å². The number of esters is 1. The van der Waals surface area contributed by atoms with Crippen LogP contribution in [0.25, 0.3) is 0 Å². The molecule has 4 atom stereocenters. The molecule has 4 heteroatoms. The highest BCUT2D eigenvalue weighted by atomic mass is 16.5. The minimum absolute atomic E-state index is 0.0873. The summed E-state index contributed by atoms with van der Waals surface area (Å²) in [6.45, 7) is 1.40. The maximum atomic E-state index is 12.5. The van der Waals surface area contributed by atoms with Gasteiger partial charge in [-0.3, -0.25) is 9.59 Å². The van der Waals surface area contributed by atoms with Crippen molar-refractivity contribution in [1.82, 2.24) is 0 Å². The highest BCUT2D eigenvalue weighted by Crippen LogP contribution is 2.33. The van der Waals surface area contributed by atoms with Gasteiger partial charge in [0.05, 0.1) is 6.10 Å². The number of aliphatic hydroxyl groups is 1. The van der Waals surface area contributed by atoms with Gasteiger partial charge in [0.2, 0.25) is 0 Å². The smallest absolute Gasteiger partial charge is 0.303 e. The van der Waals surface area contributed by atoms with E-state index in [1.807, 2.05) is 72.8 Å². The Hall–Kier alpha value is -2.72. The molecule has 1 aliphatic carbocycles. The molecule has 152 valence electrons. The van der Waals surface area contributed by atoms with Crippen molar-refractivity contribution in [2.45, 2.75) is 44.8 Å². The third-order valence-electron chi connectivity index (χ3n) is 5.46. The summed E-state index contributed by atoms with van der Waals surface area (Å²) in [6.07, 6.45) is 4.86. The first kappa shape index (κ1) is 21.0. The number of benzene rings is 2. The molecule has 2 aromatic rings. The number of hydrogen-bond acceptors (Lipinski definition) is 4. The van der Waals surface area contributed by atoms with Crippen molar-refractivity contribution < 1.29 is 19.4 Å². The van der Waals surface area contributed by atoms with E-state index in [0.29, 0.717) is 12.8 Å². The van der Waals surface area contributed by atoms with E-state index in [-0.39, 0.29) is 36.1 Å². The number of hydrogen-bond donors (Lipinski definition) is 1. The predicted octanol–water partition coefficient (Wildman–Crippen LogP) is 3.92. The average molecular weight is 392 g/mol. The lowest BCUT2D eigenvalue weighted by molar-refractivity contribution is -0.144. The van der Waals surface area contributed by atoms with E-state index in [9.17, 15) is 14.7 Å². The fourth-order valence-corrected chi connectivity index (χ4v) is 3.97. The lowest BCUT2D eigenvalue weighted by atomic mass is 9.87. The topological polar surface area (TPSA) is 63.6 Å². The molecule has 4 nitrogen and oxygen atoms in total. The third-order valence-corrected chi connectivity index (χ3v) is 5.46. The molecule has 0 amide bonds. The van der Waals surface area contributed by atoms with Gasteiger partial charge in [-0.1, -0.05) is 66.7 Å². The van der Waals surface area contributed by atoms with E-state index in [4.69, 9.17) is 4.74 Å². The first-order chi connectivity index (χ1) is 14.0. The molecule has 0 saturated heterocycles. The first-order valence-electron chi connectivity index (χ1n) is 10.2. The predicted molar refractivity (Wildman–Crippen MR) is 112 cm³/mol. The highest BCUT2D eigenvalue weighted by molar-refractivity contribution is 5.85. The molecule has 1 fully saturated rings. The molecule has 1 aliphatic rings. The number of carbonyl (C=O) groups excluding carboxylic acids is 2. The van der Waals surface area contributed by atoms with E-state index in [1.165, 1.54) is 12.5 Å². The molecule has 0 aromatic heterocycles. The fraction of sp³-hybridized carbons (Fsp3) is 0.360. The monoisotopic (exact) mass is 392 g/mol. The largest absolute Gasteiger partial charge is 0.458 e. The van der Waals surface area contributed by atoms with Crippen molar-refractivity contribution in [3.63, 3.8) is 0 Å². The Morgan fingerprint density at radius 3 is 2.34 bits per heavy atom. The molecule has 29 heavy (non-hydrogen) atoms. The maximum Gasteiger partial charge on any atom is 0.303 e. The minimum atomic E-state index is -0.695. The van der Waals surface area contributed by atoms with E-state index >= 15 is 0 Å². The number of aryl methyl sites for hydroxylation is 1. The molecule has 2 aromatic carbocycles. The SMILES string of the molecule is CC(=O)O[C@H](/C=C/[C@H]1[C@H](O)CC(=O)[C@@H]1Cc1ccccc1)CCc1ccccc1. The lowest BCUT2D eigenvalue weighted by Gasteiger charge is -2.19. The Morgan fingerprint density at radius 1 is 1.10 bits per heavy atom. The summed E-state index contributed by atoms with van der Waals surface area (Å²) in [5.41, 5.74) is 2.26. The van der Waals surface area contributed by atoms with Crippen molar-refractivity contribution in [2.75, 3.05) is 0 Å². The zero-order chi connectivity index (χ0) is 20.6. The van der Waals surface area contributed by atoms with Crippen LogP contribution in [0.3, 0.4) is 0 Å². The van der Waals surface area contributed by atoms with Crippen LogP contribution in [-0.4, -0.2) is 29.1 Å². The summed E-state index contributed by atoms with van der Waals surface area (Å²) < 4.78 is 5.46. The van der Waals surface area contributed by atoms with Crippen LogP contribution in [-0.2, 0) is 27.2 Å². The second kappa shape index (κ2) is 10.2. The Labute approximate surface area is 172 Å². The molecular weight excluding hydrogens is 364 g/mol. The third kappa shape index (κ3) is 6.13. The van der Waals surface area contributed by atoms with Gasteiger partial charge in [-0.2, -0.15) is 0 Å². The minimum Gasteiger partial charge on any atom is -0.458 e. The number of ketones is 1. The van der Waals surface area contributed by atoms with E-state index in [0.717, 1.165) is 12.0 Å². The number of carbonyl (C=O) groups is 2. The van der Waals surface area contributed by atoms with Gasteiger partial charge in [0, 0.05) is 25.2 Å². The second-order valence-electron chi connectivity index (χ2n) is 7.67. The van der Waals surface area contributed by atoms with Crippen molar-refractivity contribution in [1.29, 1.82) is 0 Å². The quantitative estimate of drug-likeness (QED) is 0.546. The zero-order valence-corrected chi connectivity index (χ0v) is 16.7. The van der Waals surface area contributed by atoms with Gasteiger partial charge in [0.1, 0.15) is 11.9 Å². The van der Waals surface area contributed by atoms with Gasteiger partial charge >= 0.3 is 5.97 Å². The number of ether oxygens (including phenoxy) is 1. The average Bonchev–Trinajstić information content (AvgIpc) is 2.98. The number of rotatable bonds is 8. The van der Waals surface area contributed by atoms with Crippen LogP contribution in [0.15, 0.2) is 72.8 Å². The van der Waals surface area contributed by atoms with Gasteiger partial charge in [-0.15, -0.1) is 0 Å². The van der Waals surface area contributed by atoms with Crippen LogP contribution < -0.4 is 0 Å². The Kier molecular flexibility index (Phi) is 7.36. The van der Waals surface area contributed by atoms with E-state index < -0.39 is 6.10 Å². The normalized spacial score (nSPS) is 22.7. The van der Waals surface area contributed by atoms with Crippen LogP contribution in [0.5, 0.6) is 0 Å². The summed E-state index contributed by atoms with van der Waals surface area (Å²) in [5.74, 6) is -0.769. The molecule has 1 N–H and O–H groups in total. The zero-order valence-electron chi connectivity index (χ0n) is 16.7. The van der Waals surface area contributed by atoms with Crippen LogP contribution in [0, 0.1) is 11.8 Å². The number of Topliss-reactive ketones (excluding diaryl/α,β-unsaturated/α-hetero) is 1. The van der Waals surface area contributed by atoms with Gasteiger partial charge in [0.15, 0.2) is 0 Å². The first-order valence-corrected chi connectivity index (χ1v) is 10.2. The van der Waals surface area contributed by atoms with E-state index in [1.54, 1.807) is 0 Å².